The van der Waals surface area contributed by atoms with Crippen LogP contribution in [0.4, 0.5) is 0 Å². The molecule has 0 amide bonds. The lowest BCUT2D eigenvalue weighted by atomic mass is 9.79. The van der Waals surface area contributed by atoms with Crippen LogP contribution < -0.4 is 14.2 Å². The van der Waals surface area contributed by atoms with Gasteiger partial charge in [-0.05, 0) is 305 Å². The number of halogens is 2. The molecule has 2 fully saturated rings. The van der Waals surface area contributed by atoms with Gasteiger partial charge in [0.05, 0.1) is 71.4 Å². The first-order valence-electron chi connectivity index (χ1n) is 49.1. The van der Waals surface area contributed by atoms with Gasteiger partial charge in [-0.3, -0.25) is 0 Å². The summed E-state index contributed by atoms with van der Waals surface area (Å²) in [6, 6.07) is 63.7. The highest BCUT2D eigenvalue weighted by atomic mass is 35.5. The molecule has 0 unspecified atom stereocenters. The number of carbonyl (C=O) groups excluding carboxylic acids is 6. The van der Waals surface area contributed by atoms with Crippen LogP contribution in [0.25, 0.3) is 0 Å². The van der Waals surface area contributed by atoms with Crippen LogP contribution in [0.5, 0.6) is 17.2 Å². The van der Waals surface area contributed by atoms with Gasteiger partial charge < -0.3 is 61.6 Å². The van der Waals surface area contributed by atoms with Gasteiger partial charge in [-0.1, -0.05) is 252 Å². The lowest BCUT2D eigenvalue weighted by Gasteiger charge is -2.29. The van der Waals surface area contributed by atoms with Crippen molar-refractivity contribution in [3.63, 3.8) is 0 Å². The fourth-order valence-corrected chi connectivity index (χ4v) is 18.4. The van der Waals surface area contributed by atoms with Crippen LogP contribution in [0.1, 0.15) is 314 Å². The smallest absolute Gasteiger partial charge is 0.338 e. The molecule has 0 radical (unpaired) electrons. The normalized spacial score (nSPS) is 13.4. The predicted molar refractivity (Wildman–Crippen MR) is 568 cm³/mol. The predicted octanol–water partition coefficient (Wildman–Crippen LogP) is 27.9. The molecule has 10 aromatic rings. The largest absolute Gasteiger partial charge is 0.488 e. The van der Waals surface area contributed by atoms with Crippen molar-refractivity contribution in [3.8, 4) is 17.2 Å². The van der Waals surface area contributed by atoms with Crippen LogP contribution in [0, 0.1) is 48.5 Å². The van der Waals surface area contributed by atoms with Crippen molar-refractivity contribution in [1.82, 2.24) is 0 Å². The van der Waals surface area contributed by atoms with Gasteiger partial charge in [-0.2, -0.15) is 0 Å². The lowest BCUT2D eigenvalue weighted by molar-refractivity contribution is -0.0224. The van der Waals surface area contributed by atoms with Gasteiger partial charge in [0.25, 0.3) is 0 Å². The van der Waals surface area contributed by atoms with Gasteiger partial charge in [-0.15, -0.1) is 0 Å². The minimum atomic E-state index is -0.393. The maximum atomic E-state index is 12.7. The highest BCUT2D eigenvalue weighted by Crippen LogP contribution is 2.50. The van der Waals surface area contributed by atoms with Crippen molar-refractivity contribution >= 4 is 59.0 Å². The van der Waals surface area contributed by atoms with Gasteiger partial charge in [-0.25, -0.2) is 28.8 Å². The minimum Gasteiger partial charge on any atom is -0.488 e. The van der Waals surface area contributed by atoms with Crippen molar-refractivity contribution in [2.75, 3.05) is 94.2 Å². The highest BCUT2D eigenvalue weighted by molar-refractivity contribution is 6.32. The Morgan fingerprint density at radius 1 is 0.338 bits per heavy atom. The summed E-state index contributed by atoms with van der Waals surface area (Å²) in [6.45, 7) is 57.4. The Bertz CT molecular complexity index is 5870. The van der Waals surface area contributed by atoms with Crippen LogP contribution in [-0.4, -0.2) is 136 Å². The molecule has 21 heteroatoms. The molecule has 0 atom stereocenters. The SMILES string of the molecule is COCC(COC)OC(=O)c1ccc(C(C)(C)C)c(C)c1.COCCOCCOC(=O)c1ccc(C(C)(C)C)c(C)c1.Cc1cc(C(=O)OCC2(c3cccc(Cl)c3)CCCC2)ccc1C(C)(C)C.Cc1cc(C(=O)OCC2(c3ccccc3C)CC2)ccc1C(C)(C)C.Cc1cc(C(=O)OCCOc2ccccc2Cl)ccc1C(C)(C)C.Cc1cc(C(=O)OCc2ccc3c(c2)OCO3)ccc1C(C)(C)C. The summed E-state index contributed by atoms with van der Waals surface area (Å²) in [4.78, 5) is 73.8. The van der Waals surface area contributed by atoms with Gasteiger partial charge in [0.15, 0.2) is 11.5 Å². The van der Waals surface area contributed by atoms with Gasteiger partial charge in [0.2, 0.25) is 6.79 Å². The third-order valence-electron chi connectivity index (χ3n) is 25.2. The number of benzene rings is 10. The monoisotopic (exact) mass is 1980 g/mol. The molecule has 0 saturated heterocycles. The second-order valence-electron chi connectivity index (χ2n) is 43.3. The van der Waals surface area contributed by atoms with E-state index >= 15 is 0 Å². The zero-order chi connectivity index (χ0) is 105. The average molecular weight is 1980 g/mol. The summed E-state index contributed by atoms with van der Waals surface area (Å²) in [5.41, 5.74) is 22.6. The number of para-hydroxylation sites is 1. The first-order valence-corrected chi connectivity index (χ1v) is 49.8. The van der Waals surface area contributed by atoms with E-state index in [1.807, 2.05) is 179 Å². The molecule has 766 valence electrons. The van der Waals surface area contributed by atoms with E-state index in [0.717, 1.165) is 88.2 Å². The average Bonchev–Trinajstić information content (AvgIpc) is 1.61. The topological polar surface area (TPSA) is 222 Å². The highest BCUT2D eigenvalue weighted by Gasteiger charge is 2.47. The van der Waals surface area contributed by atoms with E-state index in [-0.39, 0.29) is 112 Å². The molecule has 10 aromatic carbocycles. The summed E-state index contributed by atoms with van der Waals surface area (Å²) in [5.74, 6) is 0.201. The molecule has 0 spiro atoms. The van der Waals surface area contributed by atoms with Gasteiger partial charge >= 0.3 is 35.8 Å². The Balaban J connectivity index is 0.000000209. The molecule has 1 heterocycles. The summed E-state index contributed by atoms with van der Waals surface area (Å²) < 4.78 is 69.0. The molecular formula is C121H154Cl2O19. The van der Waals surface area contributed by atoms with Gasteiger partial charge in [0.1, 0.15) is 51.5 Å². The van der Waals surface area contributed by atoms with Crippen molar-refractivity contribution in [2.24, 2.45) is 0 Å². The standard InChI is InChI=1S/C24H29ClO2.C23H28O2.C20H23ClO3.C20H22O4.2C17H26O4/c1-17-14-18(10-11-21(17)23(2,3)4)22(26)27-16-24(12-5-6-13-24)19-8-7-9-20(25)15-19;1-16-8-6-7-9-20(16)23(12-13-23)15-25-21(24)18-10-11-19(17(2)14-18)22(3,4)5;1-14-13-15(9-10-16(14)20(2,3)4)19(22)24-12-11-23-18-8-6-5-7-17(18)21;1-13-9-15(6-7-16(13)20(2,3)4)19(21)22-11-14-5-8-17-18(10-14)24-12-23-17;1-12-9-13(7-8-15(12)17(2,3)4)16(18)21-14(10-19-5)11-20-6;1-13-12-14(6-7-15(13)17(2,3)4)16(18)21-11-10-20-9-8-19-5/h7-11,14-15H,5-6,12-13,16H2,1-4H3;6-11,14H,12-13,15H2,1-5H3;5-10,13H,11-12H2,1-4H3;5-10H,11-12H2,1-4H3;7-9,14H,10-11H2,1-6H3;6-7,12H,8-11H2,1-5H3. The number of rotatable bonds is 29. The van der Waals surface area contributed by atoms with Crippen LogP contribution in [0.3, 0.4) is 0 Å². The molecule has 2 aliphatic carbocycles. The Morgan fingerprint density at radius 2 is 0.711 bits per heavy atom. The first-order chi connectivity index (χ1) is 66.7. The van der Waals surface area contributed by atoms with E-state index in [4.69, 9.17) is 84.8 Å². The number of ether oxygens (including phenoxy) is 13. The minimum absolute atomic E-state index is 0.0292. The zero-order valence-corrected chi connectivity index (χ0v) is 90.9. The molecule has 0 aromatic heterocycles. The zero-order valence-electron chi connectivity index (χ0n) is 89.4. The Kier molecular flexibility index (Phi) is 42.8. The number of hydrogen-bond donors (Lipinski definition) is 0. The fourth-order valence-electron chi connectivity index (χ4n) is 18.0. The maximum absolute atomic E-state index is 12.7. The van der Waals surface area contributed by atoms with E-state index in [9.17, 15) is 28.8 Å². The molecule has 142 heavy (non-hydrogen) atoms. The lowest BCUT2D eigenvalue weighted by Crippen LogP contribution is -2.30. The van der Waals surface area contributed by atoms with Crippen molar-refractivity contribution < 1.29 is 90.3 Å². The number of aryl methyl sites for hydroxylation is 7. The molecule has 19 nitrogen and oxygen atoms in total. The van der Waals surface area contributed by atoms with E-state index < -0.39 is 6.10 Å². The second-order valence-corrected chi connectivity index (χ2v) is 44.1. The summed E-state index contributed by atoms with van der Waals surface area (Å²) in [5, 5.41) is 1.27. The Morgan fingerprint density at radius 3 is 1.10 bits per heavy atom. The van der Waals surface area contributed by atoms with Crippen molar-refractivity contribution in [2.45, 2.75) is 268 Å². The number of fused-ring (bicyclic) bond motifs is 1. The third-order valence-corrected chi connectivity index (χ3v) is 25.8. The van der Waals surface area contributed by atoms with Crippen LogP contribution in [-0.2, 0) is 97.3 Å². The number of esters is 6. The van der Waals surface area contributed by atoms with Crippen molar-refractivity contribution in [3.05, 3.63) is 333 Å². The van der Waals surface area contributed by atoms with Crippen molar-refractivity contribution in [1.29, 1.82) is 0 Å². The number of methoxy groups -OCH3 is 3. The first kappa shape index (κ1) is 116. The molecule has 2 saturated carbocycles. The second kappa shape index (κ2) is 52.4. The molecule has 3 aliphatic rings. The molecule has 1 aliphatic heterocycles. The third kappa shape index (κ3) is 34.8. The molecule has 0 bridgehead atoms. The number of hydrogen-bond acceptors (Lipinski definition) is 19. The van der Waals surface area contributed by atoms with Crippen LogP contribution in [0.2, 0.25) is 10.0 Å². The van der Waals surface area contributed by atoms with E-state index in [1.165, 1.54) is 50.1 Å². The van der Waals surface area contributed by atoms with Crippen LogP contribution in [0.15, 0.2) is 200 Å². The van der Waals surface area contributed by atoms with E-state index in [1.54, 1.807) is 33.5 Å². The number of carbonyl (C=O) groups is 6. The quantitative estimate of drug-likeness (QED) is 0.0241. The van der Waals surface area contributed by atoms with E-state index in [0.29, 0.717) is 96.2 Å². The summed E-state index contributed by atoms with van der Waals surface area (Å²) in [6.07, 6.45) is 6.16. The Hall–Kier alpha value is -11.2. The molecular weight excluding hydrogens is 1830 g/mol. The van der Waals surface area contributed by atoms with E-state index in [2.05, 4.69) is 182 Å². The fraction of sp³-hybridized carbons (Fsp3) is 0.455. The molecule has 13 rings (SSSR count). The Labute approximate surface area is 855 Å². The van der Waals surface area contributed by atoms with Crippen LogP contribution >= 0.6 is 23.2 Å². The summed E-state index contributed by atoms with van der Waals surface area (Å²) in [7, 11) is 4.75. The molecule has 0 N–H and O–H groups in total. The summed E-state index contributed by atoms with van der Waals surface area (Å²) >= 11 is 12.2. The maximum Gasteiger partial charge on any atom is 0.338 e. The van der Waals surface area contributed by atoms with Gasteiger partial charge in [0, 0.05) is 37.2 Å².